The number of alkyl halides is 1. The minimum atomic E-state index is -1.42. The lowest BCUT2D eigenvalue weighted by molar-refractivity contribution is -0.0359. The molecule has 6 atom stereocenters. The molecule has 4 N–H and O–H groups in total. The Kier molecular flexibility index (Phi) is 6.51. The molecule has 1 aromatic carbocycles. The molecule has 4 aliphatic rings. The highest BCUT2D eigenvalue weighted by atomic mass is 19.1. The summed E-state index contributed by atoms with van der Waals surface area (Å²) in [6.45, 7) is 2.22. The van der Waals surface area contributed by atoms with E-state index < -0.39 is 17.4 Å². The Labute approximate surface area is 212 Å². The van der Waals surface area contributed by atoms with Gasteiger partial charge in [-0.2, -0.15) is 0 Å². The van der Waals surface area contributed by atoms with E-state index in [4.69, 9.17) is 0 Å². The molecule has 0 radical (unpaired) electrons. The van der Waals surface area contributed by atoms with Gasteiger partial charge in [0.05, 0.1) is 11.7 Å². The second kappa shape index (κ2) is 9.23. The van der Waals surface area contributed by atoms with Crippen molar-refractivity contribution in [2.75, 3.05) is 14.1 Å². The molecule has 4 aliphatic carbocycles. The van der Waals surface area contributed by atoms with Gasteiger partial charge in [-0.15, -0.1) is 0 Å². The van der Waals surface area contributed by atoms with Crippen molar-refractivity contribution in [3.8, 4) is 0 Å². The van der Waals surface area contributed by atoms with E-state index in [0.717, 1.165) is 29.4 Å². The maximum absolute atomic E-state index is 16.1. The summed E-state index contributed by atoms with van der Waals surface area (Å²) in [4.78, 5) is 15.1. The average molecular weight is 495 g/mol. The summed E-state index contributed by atoms with van der Waals surface area (Å²) in [5.74, 6) is -0.109. The Balaban J connectivity index is 0.000000848. The van der Waals surface area contributed by atoms with E-state index in [1.807, 2.05) is 32.3 Å². The van der Waals surface area contributed by atoms with Gasteiger partial charge < -0.3 is 20.5 Å². The number of halogens is 1. The smallest absolute Gasteiger partial charge is 0.255 e. The first-order valence-corrected chi connectivity index (χ1v) is 13.3. The van der Waals surface area contributed by atoms with Gasteiger partial charge in [0.25, 0.3) is 5.56 Å². The van der Waals surface area contributed by atoms with Crippen LogP contribution in [0, 0.1) is 17.3 Å². The highest BCUT2D eigenvalue weighted by Gasteiger charge is 2.59. The van der Waals surface area contributed by atoms with Crippen LogP contribution in [-0.4, -0.2) is 46.7 Å². The van der Waals surface area contributed by atoms with Gasteiger partial charge in [-0.25, -0.2) is 4.39 Å². The van der Waals surface area contributed by atoms with E-state index in [2.05, 4.69) is 35.4 Å². The zero-order valence-corrected chi connectivity index (χ0v) is 21.6. The Hall–Kier alpha value is -2.28. The standard InChI is InChI=1S/C28H32FNO3.C2H7N/c1-26-11-8-20-15-27(29)16-21(31)5-4-19(27)9-12-28(20,33)24(26)7-6-23(26)18-3-2-17-10-13-30-25(32)22(17)14-18;1-3-2/h2-3,6,8,10,13-14,19,21,24,31,33H,4-5,7,9,11-12,15-16H2,1H3,(H,30,32);3H,1-2H3/t19?,21?,24?,26?,27?,28-;/m1./s1. The number of rotatable bonds is 1. The molecule has 2 fully saturated rings. The van der Waals surface area contributed by atoms with E-state index in [1.165, 1.54) is 5.57 Å². The quantitative estimate of drug-likeness (QED) is 0.426. The monoisotopic (exact) mass is 494 g/mol. The number of aliphatic hydroxyl groups is 2. The molecule has 194 valence electrons. The molecule has 0 saturated heterocycles. The first kappa shape index (κ1) is 25.4. The minimum absolute atomic E-state index is 0.0153. The number of fused-ring (bicyclic) bond motifs is 5. The fourth-order valence-corrected chi connectivity index (χ4v) is 7.63. The Morgan fingerprint density at radius 1 is 1.14 bits per heavy atom. The number of hydrogen-bond acceptors (Lipinski definition) is 4. The molecule has 1 aromatic heterocycles. The van der Waals surface area contributed by atoms with Crippen LogP contribution in [-0.2, 0) is 0 Å². The lowest BCUT2D eigenvalue weighted by atomic mass is 9.58. The predicted molar refractivity (Wildman–Crippen MR) is 142 cm³/mol. The van der Waals surface area contributed by atoms with Crippen LogP contribution in [0.1, 0.15) is 63.9 Å². The highest BCUT2D eigenvalue weighted by Crippen LogP contribution is 2.63. The maximum Gasteiger partial charge on any atom is 0.255 e. The van der Waals surface area contributed by atoms with Crippen LogP contribution in [0.3, 0.4) is 0 Å². The number of pyridine rings is 1. The van der Waals surface area contributed by atoms with Crippen LogP contribution in [0.5, 0.6) is 0 Å². The summed E-state index contributed by atoms with van der Waals surface area (Å²) >= 11 is 0. The van der Waals surface area contributed by atoms with Crippen LogP contribution in [0.2, 0.25) is 0 Å². The molecule has 6 rings (SSSR count). The third-order valence-electron chi connectivity index (χ3n) is 9.45. The van der Waals surface area contributed by atoms with Gasteiger partial charge in [-0.3, -0.25) is 4.79 Å². The van der Waals surface area contributed by atoms with Crippen LogP contribution in [0.25, 0.3) is 16.3 Å². The van der Waals surface area contributed by atoms with Crippen molar-refractivity contribution in [3.63, 3.8) is 0 Å². The maximum atomic E-state index is 16.1. The zero-order valence-electron chi connectivity index (χ0n) is 21.6. The second-order valence-corrected chi connectivity index (χ2v) is 11.7. The van der Waals surface area contributed by atoms with Crippen LogP contribution < -0.4 is 10.9 Å². The molecule has 5 nitrogen and oxygen atoms in total. The van der Waals surface area contributed by atoms with Crippen LogP contribution >= 0.6 is 0 Å². The Morgan fingerprint density at radius 2 is 1.92 bits per heavy atom. The number of aromatic amines is 1. The largest absolute Gasteiger partial charge is 0.393 e. The molecular weight excluding hydrogens is 455 g/mol. The zero-order chi connectivity index (χ0) is 25.7. The van der Waals surface area contributed by atoms with Crippen molar-refractivity contribution in [3.05, 3.63) is 64.1 Å². The van der Waals surface area contributed by atoms with E-state index in [-0.39, 0.29) is 35.7 Å². The molecule has 2 aromatic rings. The van der Waals surface area contributed by atoms with Gasteiger partial charge >= 0.3 is 0 Å². The van der Waals surface area contributed by atoms with Crippen LogP contribution in [0.15, 0.2) is 53.0 Å². The van der Waals surface area contributed by atoms with Crippen molar-refractivity contribution in [2.45, 2.75) is 75.7 Å². The Bertz CT molecular complexity index is 1270. The second-order valence-electron chi connectivity index (χ2n) is 11.7. The van der Waals surface area contributed by atoms with Crippen molar-refractivity contribution >= 4 is 16.3 Å². The SMILES string of the molecule is CC12CC=C3CC4(F)CC(O)CCC4CC[C@]3(O)C1CC=C2c1ccc2cc[nH]c(=O)c2c1.CNC. The van der Waals surface area contributed by atoms with Gasteiger partial charge in [0.2, 0.25) is 0 Å². The molecule has 0 spiro atoms. The van der Waals surface area contributed by atoms with Crippen molar-refractivity contribution in [1.29, 1.82) is 0 Å². The first-order valence-electron chi connectivity index (χ1n) is 13.3. The summed E-state index contributed by atoms with van der Waals surface area (Å²) in [6, 6.07) is 7.94. The van der Waals surface area contributed by atoms with E-state index >= 15 is 4.39 Å². The number of H-pyrrole nitrogens is 1. The molecule has 5 unspecified atom stereocenters. The molecule has 2 saturated carbocycles. The van der Waals surface area contributed by atoms with E-state index in [0.29, 0.717) is 31.1 Å². The lowest BCUT2D eigenvalue weighted by Gasteiger charge is -2.49. The van der Waals surface area contributed by atoms with Gasteiger partial charge in [0.15, 0.2) is 0 Å². The van der Waals surface area contributed by atoms with Crippen molar-refractivity contribution in [2.24, 2.45) is 17.3 Å². The van der Waals surface area contributed by atoms with Gasteiger partial charge in [-0.1, -0.05) is 31.2 Å². The third kappa shape index (κ3) is 3.98. The Morgan fingerprint density at radius 3 is 2.69 bits per heavy atom. The van der Waals surface area contributed by atoms with Gasteiger partial charge in [-0.05, 0) is 92.8 Å². The van der Waals surface area contributed by atoms with E-state index in [1.54, 1.807) is 6.20 Å². The van der Waals surface area contributed by atoms with Gasteiger partial charge in [0.1, 0.15) is 5.67 Å². The fourth-order valence-electron chi connectivity index (χ4n) is 7.63. The number of aromatic nitrogens is 1. The summed E-state index contributed by atoms with van der Waals surface area (Å²) in [7, 11) is 3.75. The van der Waals surface area contributed by atoms with E-state index in [9.17, 15) is 15.0 Å². The van der Waals surface area contributed by atoms with Crippen molar-refractivity contribution in [1.82, 2.24) is 10.3 Å². The number of allylic oxidation sites excluding steroid dienone is 3. The first-order chi connectivity index (χ1) is 17.1. The molecular formula is C30H39FN2O3. The lowest BCUT2D eigenvalue weighted by Crippen LogP contribution is -2.49. The summed E-state index contributed by atoms with van der Waals surface area (Å²) < 4.78 is 16.1. The number of benzene rings is 1. The normalized spacial score (nSPS) is 37.4. The third-order valence-corrected chi connectivity index (χ3v) is 9.45. The molecule has 36 heavy (non-hydrogen) atoms. The average Bonchev–Trinajstić information content (AvgIpc) is 3.14. The molecule has 0 amide bonds. The summed E-state index contributed by atoms with van der Waals surface area (Å²) in [5, 5.41) is 26.6. The molecule has 1 heterocycles. The molecule has 6 heteroatoms. The highest BCUT2D eigenvalue weighted by molar-refractivity contribution is 5.87. The summed E-state index contributed by atoms with van der Waals surface area (Å²) in [6.07, 6.45) is 9.89. The number of nitrogens with one attached hydrogen (secondary N) is 2. The molecule has 0 bridgehead atoms. The summed E-state index contributed by atoms with van der Waals surface area (Å²) in [5.41, 5.74) is 0.225. The predicted octanol–water partition coefficient (Wildman–Crippen LogP) is 4.89. The molecule has 0 aliphatic heterocycles. The van der Waals surface area contributed by atoms with Gasteiger partial charge in [0, 0.05) is 35.8 Å². The number of aliphatic hydroxyl groups excluding tert-OH is 1. The topological polar surface area (TPSA) is 85.3 Å². The minimum Gasteiger partial charge on any atom is -0.393 e. The van der Waals surface area contributed by atoms with Crippen LogP contribution in [0.4, 0.5) is 4.39 Å². The number of hydrogen-bond donors (Lipinski definition) is 4. The van der Waals surface area contributed by atoms with Crippen molar-refractivity contribution < 1.29 is 14.6 Å². The fraction of sp³-hybridized carbons (Fsp3) is 0.567.